The summed E-state index contributed by atoms with van der Waals surface area (Å²) in [6.07, 6.45) is 3.71. The highest BCUT2D eigenvalue weighted by molar-refractivity contribution is 6.12. The standard InChI is InChI=1S/C23H25NO5/c1-15(11-16-12-20(27-2)23(29-4)21(13-16)28-3)22(26)18-5-6-19-17(14-18)7-8-24(19)9-10-25/h5-8,11-14,25H,9-10H2,1-4H3. The first-order chi connectivity index (χ1) is 14.0. The van der Waals surface area contributed by atoms with Crippen LogP contribution in [0.2, 0.25) is 0 Å². The number of hydrogen-bond acceptors (Lipinski definition) is 5. The normalized spacial score (nSPS) is 11.6. The molecular formula is C23H25NO5. The lowest BCUT2D eigenvalue weighted by Gasteiger charge is -2.13. The monoisotopic (exact) mass is 395 g/mol. The van der Waals surface area contributed by atoms with Crippen LogP contribution in [0.4, 0.5) is 0 Å². The van der Waals surface area contributed by atoms with Crippen molar-refractivity contribution in [3.63, 3.8) is 0 Å². The number of aromatic nitrogens is 1. The molecule has 2 aromatic carbocycles. The maximum atomic E-state index is 13.0. The van der Waals surface area contributed by atoms with Crippen molar-refractivity contribution in [3.8, 4) is 17.2 Å². The second-order valence-corrected chi connectivity index (χ2v) is 6.62. The number of rotatable bonds is 8. The number of aliphatic hydroxyl groups is 1. The number of methoxy groups -OCH3 is 3. The molecule has 3 aromatic rings. The van der Waals surface area contributed by atoms with Crippen LogP contribution in [0, 0.1) is 0 Å². The van der Waals surface area contributed by atoms with Gasteiger partial charge in [0.2, 0.25) is 5.75 Å². The molecule has 0 saturated carbocycles. The number of ether oxygens (including phenoxy) is 3. The quantitative estimate of drug-likeness (QED) is 0.462. The van der Waals surface area contributed by atoms with E-state index in [9.17, 15) is 4.79 Å². The van der Waals surface area contributed by atoms with Crippen molar-refractivity contribution in [2.24, 2.45) is 0 Å². The molecule has 0 spiro atoms. The van der Waals surface area contributed by atoms with E-state index in [4.69, 9.17) is 19.3 Å². The molecule has 6 nitrogen and oxygen atoms in total. The first kappa shape index (κ1) is 20.5. The summed E-state index contributed by atoms with van der Waals surface area (Å²) in [5.41, 5.74) is 2.97. The third-order valence-electron chi connectivity index (χ3n) is 4.80. The third-order valence-corrected chi connectivity index (χ3v) is 4.80. The fourth-order valence-electron chi connectivity index (χ4n) is 3.37. The van der Waals surface area contributed by atoms with Crippen LogP contribution in [0.25, 0.3) is 17.0 Å². The van der Waals surface area contributed by atoms with Crippen molar-refractivity contribution < 1.29 is 24.1 Å². The highest BCUT2D eigenvalue weighted by Gasteiger charge is 2.14. The average molecular weight is 395 g/mol. The molecule has 0 fully saturated rings. The van der Waals surface area contributed by atoms with Gasteiger partial charge in [-0.25, -0.2) is 0 Å². The average Bonchev–Trinajstić information content (AvgIpc) is 3.14. The maximum absolute atomic E-state index is 13.0. The van der Waals surface area contributed by atoms with Gasteiger partial charge in [0.25, 0.3) is 0 Å². The number of carbonyl (C=O) groups is 1. The van der Waals surface area contributed by atoms with E-state index in [2.05, 4.69) is 0 Å². The van der Waals surface area contributed by atoms with Gasteiger partial charge in [-0.1, -0.05) is 0 Å². The molecule has 29 heavy (non-hydrogen) atoms. The zero-order valence-electron chi connectivity index (χ0n) is 17.1. The number of fused-ring (bicyclic) bond motifs is 1. The van der Waals surface area contributed by atoms with Crippen molar-refractivity contribution in [2.45, 2.75) is 13.5 Å². The predicted molar refractivity (Wildman–Crippen MR) is 113 cm³/mol. The van der Waals surface area contributed by atoms with Gasteiger partial charge in [0.15, 0.2) is 17.3 Å². The Labute approximate surface area is 169 Å². The van der Waals surface area contributed by atoms with Gasteiger partial charge in [-0.15, -0.1) is 0 Å². The molecule has 6 heteroatoms. The van der Waals surface area contributed by atoms with Crippen LogP contribution in [0.5, 0.6) is 17.2 Å². The minimum Gasteiger partial charge on any atom is -0.493 e. The molecule has 0 aliphatic rings. The van der Waals surface area contributed by atoms with Gasteiger partial charge in [-0.05, 0) is 60.5 Å². The van der Waals surface area contributed by atoms with E-state index in [-0.39, 0.29) is 12.4 Å². The Balaban J connectivity index is 1.93. The minimum atomic E-state index is -0.0597. The first-order valence-corrected chi connectivity index (χ1v) is 9.25. The Morgan fingerprint density at radius 1 is 1.03 bits per heavy atom. The fraction of sp³-hybridized carbons (Fsp3) is 0.261. The van der Waals surface area contributed by atoms with Gasteiger partial charge < -0.3 is 23.9 Å². The number of Topliss-reactive ketones (excluding diaryl/α,β-unsaturated/α-hetero) is 1. The Morgan fingerprint density at radius 3 is 2.31 bits per heavy atom. The molecule has 3 rings (SSSR count). The summed E-state index contributed by atoms with van der Waals surface area (Å²) in [4.78, 5) is 13.0. The topological polar surface area (TPSA) is 69.9 Å². The number of allylic oxidation sites excluding steroid dienone is 1. The van der Waals surface area contributed by atoms with Crippen molar-refractivity contribution in [1.82, 2.24) is 4.57 Å². The van der Waals surface area contributed by atoms with Gasteiger partial charge in [0.1, 0.15) is 0 Å². The molecule has 0 saturated heterocycles. The molecule has 0 aliphatic carbocycles. The van der Waals surface area contributed by atoms with E-state index in [0.29, 0.717) is 34.9 Å². The highest BCUT2D eigenvalue weighted by Crippen LogP contribution is 2.38. The molecule has 0 bridgehead atoms. The Bertz CT molecular complexity index is 1040. The summed E-state index contributed by atoms with van der Waals surface area (Å²) in [5, 5.41) is 10.1. The Kier molecular flexibility index (Phi) is 6.24. The van der Waals surface area contributed by atoms with Crippen LogP contribution >= 0.6 is 0 Å². The van der Waals surface area contributed by atoms with Crippen molar-refractivity contribution in [2.75, 3.05) is 27.9 Å². The van der Waals surface area contributed by atoms with E-state index < -0.39 is 0 Å². The first-order valence-electron chi connectivity index (χ1n) is 9.25. The lowest BCUT2D eigenvalue weighted by Crippen LogP contribution is -2.02. The van der Waals surface area contributed by atoms with Crippen molar-refractivity contribution in [3.05, 3.63) is 59.3 Å². The number of benzene rings is 2. The highest BCUT2D eigenvalue weighted by atomic mass is 16.5. The molecule has 0 atom stereocenters. The van der Waals surface area contributed by atoms with Gasteiger partial charge in [0, 0.05) is 29.2 Å². The zero-order chi connectivity index (χ0) is 21.0. The molecule has 152 valence electrons. The minimum absolute atomic E-state index is 0.0597. The lowest BCUT2D eigenvalue weighted by molar-refractivity contribution is 0.103. The SMILES string of the molecule is COc1cc(C=C(C)C(=O)c2ccc3c(ccn3CCO)c2)cc(OC)c1OC. The summed E-state index contributed by atoms with van der Waals surface area (Å²) < 4.78 is 18.1. The Morgan fingerprint density at radius 2 is 1.72 bits per heavy atom. The summed E-state index contributed by atoms with van der Waals surface area (Å²) in [5.74, 6) is 1.51. The van der Waals surface area contributed by atoms with Crippen LogP contribution in [-0.2, 0) is 6.54 Å². The molecule has 0 radical (unpaired) electrons. The van der Waals surface area contributed by atoms with E-state index in [1.165, 1.54) is 0 Å². The smallest absolute Gasteiger partial charge is 0.203 e. The van der Waals surface area contributed by atoms with Gasteiger partial charge in [-0.3, -0.25) is 4.79 Å². The van der Waals surface area contributed by atoms with Gasteiger partial charge >= 0.3 is 0 Å². The summed E-state index contributed by atoms with van der Waals surface area (Å²) in [6.45, 7) is 2.38. The van der Waals surface area contributed by atoms with Crippen molar-refractivity contribution in [1.29, 1.82) is 0 Å². The van der Waals surface area contributed by atoms with Gasteiger partial charge in [-0.2, -0.15) is 0 Å². The summed E-state index contributed by atoms with van der Waals surface area (Å²) >= 11 is 0. The van der Waals surface area contributed by atoms with E-state index in [1.807, 2.05) is 35.0 Å². The molecule has 1 N–H and O–H groups in total. The Hall–Kier alpha value is -3.25. The molecule has 1 aromatic heterocycles. The largest absolute Gasteiger partial charge is 0.493 e. The second kappa shape index (κ2) is 8.84. The van der Waals surface area contributed by atoms with Crippen LogP contribution in [0.15, 0.2) is 48.2 Å². The number of ketones is 1. The van der Waals surface area contributed by atoms with E-state index >= 15 is 0 Å². The van der Waals surface area contributed by atoms with Crippen molar-refractivity contribution >= 4 is 22.8 Å². The molecular weight excluding hydrogens is 370 g/mol. The third kappa shape index (κ3) is 4.12. The lowest BCUT2D eigenvalue weighted by atomic mass is 10.0. The number of carbonyl (C=O) groups excluding carboxylic acids is 1. The fourth-order valence-corrected chi connectivity index (χ4v) is 3.37. The molecule has 0 unspecified atom stereocenters. The molecule has 0 aliphatic heterocycles. The van der Waals surface area contributed by atoms with E-state index in [1.54, 1.807) is 46.5 Å². The molecule has 1 heterocycles. The number of nitrogens with zero attached hydrogens (tertiary/aromatic N) is 1. The number of aliphatic hydroxyl groups excluding tert-OH is 1. The van der Waals surface area contributed by atoms with Crippen LogP contribution in [0.1, 0.15) is 22.8 Å². The van der Waals surface area contributed by atoms with Crippen LogP contribution < -0.4 is 14.2 Å². The number of hydrogen-bond donors (Lipinski definition) is 1. The second-order valence-electron chi connectivity index (χ2n) is 6.62. The summed E-state index contributed by atoms with van der Waals surface area (Å²) in [6, 6.07) is 11.1. The zero-order valence-corrected chi connectivity index (χ0v) is 17.1. The summed E-state index contributed by atoms with van der Waals surface area (Å²) in [7, 11) is 4.66. The van der Waals surface area contributed by atoms with Crippen LogP contribution in [-0.4, -0.2) is 43.4 Å². The van der Waals surface area contributed by atoms with Gasteiger partial charge in [0.05, 0.1) is 27.9 Å². The van der Waals surface area contributed by atoms with Crippen LogP contribution in [0.3, 0.4) is 0 Å². The maximum Gasteiger partial charge on any atom is 0.203 e. The predicted octanol–water partition coefficient (Wildman–Crippen LogP) is 3.95. The molecule has 0 amide bonds. The van der Waals surface area contributed by atoms with E-state index in [0.717, 1.165) is 16.5 Å².